The summed E-state index contributed by atoms with van der Waals surface area (Å²) in [6, 6.07) is 5.33. The molecule has 1 aliphatic heterocycles. The van der Waals surface area contributed by atoms with Gasteiger partial charge in [-0.25, -0.2) is 18.2 Å². The summed E-state index contributed by atoms with van der Waals surface area (Å²) in [5, 5.41) is 14.4. The number of urea groups is 1. The summed E-state index contributed by atoms with van der Waals surface area (Å²) in [5.41, 5.74) is 2.58. The van der Waals surface area contributed by atoms with E-state index < -0.39 is 26.5 Å². The Hall–Kier alpha value is -4.00. The lowest BCUT2D eigenvalue weighted by Crippen LogP contribution is -2.30. The summed E-state index contributed by atoms with van der Waals surface area (Å²) < 4.78 is 25.5. The maximum atomic E-state index is 12.6. The number of fused-ring (bicyclic) bond motifs is 1. The van der Waals surface area contributed by atoms with Gasteiger partial charge in [-0.2, -0.15) is 0 Å². The molecule has 182 valence electrons. The number of pyridine rings is 1. The van der Waals surface area contributed by atoms with Crippen molar-refractivity contribution in [3.63, 3.8) is 0 Å². The van der Waals surface area contributed by atoms with E-state index >= 15 is 0 Å². The van der Waals surface area contributed by atoms with E-state index in [9.17, 15) is 28.1 Å². The van der Waals surface area contributed by atoms with E-state index in [2.05, 4.69) is 10.3 Å². The van der Waals surface area contributed by atoms with Gasteiger partial charge in [-0.3, -0.25) is 24.7 Å². The van der Waals surface area contributed by atoms with E-state index in [0.717, 1.165) is 29.6 Å². The van der Waals surface area contributed by atoms with Gasteiger partial charge >= 0.3 is 6.03 Å². The smallest absolute Gasteiger partial charge is 0.331 e. The molecule has 0 radical (unpaired) electrons. The van der Waals surface area contributed by atoms with Crippen molar-refractivity contribution in [2.75, 3.05) is 30.1 Å². The fourth-order valence-corrected chi connectivity index (χ4v) is 4.97. The molecule has 3 heterocycles. The molecule has 2 aromatic heterocycles. The van der Waals surface area contributed by atoms with Gasteiger partial charge in [0.15, 0.2) is 15.5 Å². The van der Waals surface area contributed by atoms with Gasteiger partial charge < -0.3 is 9.72 Å². The van der Waals surface area contributed by atoms with Crippen molar-refractivity contribution in [3.05, 3.63) is 58.0 Å². The second kappa shape index (κ2) is 8.05. The largest absolute Gasteiger partial charge is 0.379 e. The normalized spacial score (nSPS) is 16.4. The standard InChI is InChI=1S/C22H22N6O6S/c1-25-20(29)12-27(22(25)30)18-7-14(13-3-4-13)10-26-11-16(24-21(18)26)9-23-15-5-6-19(35(2,33)34)17(8-15)28(31)32/h5-8,10-11,13,23H,3-4,9,12H2,1-2H3. The van der Waals surface area contributed by atoms with Crippen LogP contribution in [-0.2, 0) is 21.2 Å². The van der Waals surface area contributed by atoms with Crippen LogP contribution in [0.2, 0.25) is 0 Å². The molecule has 13 heteroatoms. The molecule has 0 spiro atoms. The quantitative estimate of drug-likeness (QED) is 0.297. The zero-order chi connectivity index (χ0) is 25.1. The Morgan fingerprint density at radius 1 is 1.20 bits per heavy atom. The second-order valence-electron chi connectivity index (χ2n) is 8.78. The molecule has 0 bridgehead atoms. The van der Waals surface area contributed by atoms with E-state index in [4.69, 9.17) is 0 Å². The number of aromatic nitrogens is 2. The number of nitrogens with one attached hydrogen (secondary N) is 1. The van der Waals surface area contributed by atoms with Crippen LogP contribution in [0.5, 0.6) is 0 Å². The van der Waals surface area contributed by atoms with Gasteiger partial charge in [0.2, 0.25) is 5.91 Å². The number of anilines is 2. The van der Waals surface area contributed by atoms with Gasteiger partial charge in [0.05, 0.1) is 22.8 Å². The van der Waals surface area contributed by atoms with Crippen molar-refractivity contribution in [1.29, 1.82) is 0 Å². The average molecular weight is 499 g/mol. The first-order valence-corrected chi connectivity index (χ1v) is 12.7. The van der Waals surface area contributed by atoms with Crippen molar-refractivity contribution in [2.24, 2.45) is 0 Å². The van der Waals surface area contributed by atoms with Crippen LogP contribution >= 0.6 is 0 Å². The molecule has 3 aromatic rings. The molecule has 0 atom stereocenters. The highest BCUT2D eigenvalue weighted by molar-refractivity contribution is 7.90. The van der Waals surface area contributed by atoms with Gasteiger partial charge in [0, 0.05) is 37.5 Å². The molecule has 0 unspecified atom stereocenters. The van der Waals surface area contributed by atoms with E-state index in [1.165, 1.54) is 30.1 Å². The van der Waals surface area contributed by atoms with Crippen molar-refractivity contribution < 1.29 is 22.9 Å². The lowest BCUT2D eigenvalue weighted by atomic mass is 10.1. The topological polar surface area (TPSA) is 147 Å². The molecule has 5 rings (SSSR count). The minimum absolute atomic E-state index is 0.0596. The zero-order valence-corrected chi connectivity index (χ0v) is 19.8. The first kappa shape index (κ1) is 22.8. The maximum absolute atomic E-state index is 12.6. The number of carbonyl (C=O) groups is 2. The molecular weight excluding hydrogens is 476 g/mol. The minimum atomic E-state index is -3.76. The Morgan fingerprint density at radius 3 is 2.54 bits per heavy atom. The molecule has 1 saturated carbocycles. The number of sulfone groups is 1. The van der Waals surface area contributed by atoms with Crippen LogP contribution in [0.4, 0.5) is 21.9 Å². The van der Waals surface area contributed by atoms with Crippen molar-refractivity contribution >= 4 is 44.5 Å². The number of amides is 3. The Morgan fingerprint density at radius 2 is 1.94 bits per heavy atom. The van der Waals surface area contributed by atoms with Crippen molar-refractivity contribution in [1.82, 2.24) is 14.3 Å². The summed E-state index contributed by atoms with van der Waals surface area (Å²) in [6.45, 7) is 0.137. The third kappa shape index (κ3) is 4.18. The van der Waals surface area contributed by atoms with Gasteiger partial charge in [-0.15, -0.1) is 0 Å². The summed E-state index contributed by atoms with van der Waals surface area (Å²) >= 11 is 0. The van der Waals surface area contributed by atoms with Gasteiger partial charge in [0.1, 0.15) is 11.4 Å². The molecule has 35 heavy (non-hydrogen) atoms. The Bertz CT molecular complexity index is 1510. The first-order chi connectivity index (χ1) is 16.5. The summed E-state index contributed by atoms with van der Waals surface area (Å²) in [7, 11) is -2.31. The van der Waals surface area contributed by atoms with Gasteiger partial charge in [-0.1, -0.05) is 0 Å². The highest BCUT2D eigenvalue weighted by Gasteiger charge is 2.36. The third-order valence-electron chi connectivity index (χ3n) is 6.16. The second-order valence-corrected chi connectivity index (χ2v) is 10.8. The third-order valence-corrected chi connectivity index (χ3v) is 7.30. The molecular formula is C22H22N6O6S. The van der Waals surface area contributed by atoms with E-state index in [1.807, 2.05) is 16.7 Å². The van der Waals surface area contributed by atoms with Crippen LogP contribution in [0.25, 0.3) is 5.65 Å². The van der Waals surface area contributed by atoms with Crippen LogP contribution in [0.15, 0.2) is 41.6 Å². The monoisotopic (exact) mass is 498 g/mol. The zero-order valence-electron chi connectivity index (χ0n) is 19.0. The first-order valence-electron chi connectivity index (χ1n) is 10.8. The van der Waals surface area contributed by atoms with E-state index in [1.54, 1.807) is 6.20 Å². The number of rotatable bonds is 7. The number of benzene rings is 1. The van der Waals surface area contributed by atoms with Crippen molar-refractivity contribution in [2.45, 2.75) is 30.2 Å². The lowest BCUT2D eigenvalue weighted by molar-refractivity contribution is -0.387. The molecule has 2 fully saturated rings. The molecule has 1 aliphatic carbocycles. The van der Waals surface area contributed by atoms with Crippen LogP contribution in [0, 0.1) is 10.1 Å². The predicted octanol–water partition coefficient (Wildman–Crippen LogP) is 2.53. The number of nitro groups is 1. The number of hydrogen-bond donors (Lipinski definition) is 1. The number of nitro benzene ring substituents is 1. The predicted molar refractivity (Wildman–Crippen MR) is 126 cm³/mol. The molecule has 2 aliphatic rings. The van der Waals surface area contributed by atoms with Gasteiger partial charge in [0.25, 0.3) is 5.69 Å². The van der Waals surface area contributed by atoms with Crippen molar-refractivity contribution in [3.8, 4) is 0 Å². The molecule has 12 nitrogen and oxygen atoms in total. The van der Waals surface area contributed by atoms with Crippen LogP contribution in [0.1, 0.15) is 30.0 Å². The fraction of sp³-hybridized carbons (Fsp3) is 0.318. The number of imidazole rings is 1. The fourth-order valence-electron chi connectivity index (χ4n) is 4.14. The number of imide groups is 1. The summed E-state index contributed by atoms with van der Waals surface area (Å²) in [4.78, 5) is 42.2. The minimum Gasteiger partial charge on any atom is -0.379 e. The Kier molecular flexibility index (Phi) is 5.24. The van der Waals surface area contributed by atoms with Crippen LogP contribution < -0.4 is 10.2 Å². The maximum Gasteiger partial charge on any atom is 0.331 e. The van der Waals surface area contributed by atoms with Gasteiger partial charge in [-0.05, 0) is 42.5 Å². The average Bonchev–Trinajstić information content (AvgIpc) is 3.52. The summed E-state index contributed by atoms with van der Waals surface area (Å²) in [5.74, 6) is 0.111. The molecule has 1 aromatic carbocycles. The highest BCUT2D eigenvalue weighted by atomic mass is 32.2. The van der Waals surface area contributed by atoms with E-state index in [-0.39, 0.29) is 23.9 Å². The molecule has 1 saturated heterocycles. The number of carbonyl (C=O) groups excluding carboxylic acids is 2. The molecule has 1 N–H and O–H groups in total. The summed E-state index contributed by atoms with van der Waals surface area (Å²) in [6.07, 6.45) is 6.79. The van der Waals surface area contributed by atoms with E-state index in [0.29, 0.717) is 28.6 Å². The highest BCUT2D eigenvalue weighted by Crippen LogP contribution is 2.42. The van der Waals surface area contributed by atoms with Crippen LogP contribution in [-0.4, -0.2) is 59.4 Å². The Balaban J connectivity index is 1.46. The number of likely N-dealkylation sites (N-methyl/N-ethyl adjacent to an activating group) is 1. The molecule has 3 amide bonds. The lowest BCUT2D eigenvalue weighted by Gasteiger charge is -2.17. The van der Waals surface area contributed by atoms with Crippen LogP contribution in [0.3, 0.4) is 0 Å². The Labute approximate surface area is 200 Å². The number of hydrogen-bond acceptors (Lipinski definition) is 8. The SMILES string of the molecule is CN1C(=O)CN(c2cc(C3CC3)cn3cc(CNc4ccc(S(C)(=O)=O)c([N+](=O)[O-])c4)nc23)C1=O. The number of nitrogens with zero attached hydrogens (tertiary/aromatic N) is 5.